The number of amides is 1. The van der Waals surface area contributed by atoms with E-state index in [0.29, 0.717) is 31.1 Å². The second kappa shape index (κ2) is 8.30. The molecule has 0 spiro atoms. The Morgan fingerprint density at radius 2 is 2.04 bits per heavy atom. The third-order valence-corrected chi connectivity index (χ3v) is 3.75. The second-order valence-electron chi connectivity index (χ2n) is 5.59. The van der Waals surface area contributed by atoms with Crippen LogP contribution in [0.1, 0.15) is 35.5 Å². The molecule has 0 aliphatic rings. The van der Waals surface area contributed by atoms with Crippen molar-refractivity contribution >= 4 is 5.91 Å². The molecule has 1 aromatic carbocycles. The first-order chi connectivity index (χ1) is 12.2. The van der Waals surface area contributed by atoms with E-state index >= 15 is 0 Å². The van der Waals surface area contributed by atoms with Crippen LogP contribution in [0, 0.1) is 0 Å². The summed E-state index contributed by atoms with van der Waals surface area (Å²) in [5.41, 5.74) is 1.37. The van der Waals surface area contributed by atoms with Crippen LogP contribution < -0.4 is 5.32 Å². The molecule has 1 N–H and O–H groups in total. The lowest BCUT2D eigenvalue weighted by molar-refractivity contribution is 0.0634. The average molecular weight is 340 g/mol. The highest BCUT2D eigenvalue weighted by molar-refractivity contribution is 5.92. The highest BCUT2D eigenvalue weighted by Crippen LogP contribution is 2.20. The lowest BCUT2D eigenvalue weighted by atomic mass is 10.1. The number of rotatable bonds is 8. The minimum absolute atomic E-state index is 0.0308. The largest absolute Gasteiger partial charge is 0.461 e. The van der Waals surface area contributed by atoms with E-state index in [9.17, 15) is 4.79 Å². The van der Waals surface area contributed by atoms with Gasteiger partial charge >= 0.3 is 0 Å². The molecule has 1 atom stereocenters. The van der Waals surface area contributed by atoms with Gasteiger partial charge in [-0.05, 0) is 31.0 Å². The summed E-state index contributed by atoms with van der Waals surface area (Å²) in [6, 6.07) is 15.1. The molecule has 0 fully saturated rings. The minimum atomic E-state index is -0.280. The van der Waals surface area contributed by atoms with Crippen LogP contribution in [0.15, 0.2) is 63.7 Å². The Morgan fingerprint density at radius 1 is 1.20 bits per heavy atom. The summed E-state index contributed by atoms with van der Waals surface area (Å²) in [6.45, 7) is 3.08. The van der Waals surface area contributed by atoms with E-state index in [2.05, 4.69) is 10.5 Å². The molecule has 3 aromatic rings. The first-order valence-corrected chi connectivity index (χ1v) is 8.19. The molecule has 0 saturated heterocycles. The highest BCUT2D eigenvalue weighted by atomic mass is 16.5. The number of carbonyl (C=O) groups is 1. The third-order valence-electron chi connectivity index (χ3n) is 3.75. The van der Waals surface area contributed by atoms with E-state index in [4.69, 9.17) is 13.7 Å². The summed E-state index contributed by atoms with van der Waals surface area (Å²) in [7, 11) is 0. The summed E-state index contributed by atoms with van der Waals surface area (Å²) >= 11 is 0. The summed E-state index contributed by atoms with van der Waals surface area (Å²) in [5.74, 6) is 0.683. The molecule has 1 unspecified atom stereocenters. The number of nitrogens with zero attached hydrogens (tertiary/aromatic N) is 1. The Hall–Kier alpha value is -2.86. The zero-order chi connectivity index (χ0) is 17.5. The van der Waals surface area contributed by atoms with Gasteiger partial charge in [-0.15, -0.1) is 0 Å². The van der Waals surface area contributed by atoms with Crippen molar-refractivity contribution in [1.29, 1.82) is 0 Å². The summed E-state index contributed by atoms with van der Waals surface area (Å²) < 4.78 is 16.1. The Kier molecular flexibility index (Phi) is 5.64. The van der Waals surface area contributed by atoms with Crippen LogP contribution in [-0.4, -0.2) is 24.2 Å². The molecule has 3 rings (SSSR count). The van der Waals surface area contributed by atoms with E-state index in [-0.39, 0.29) is 17.7 Å². The van der Waals surface area contributed by atoms with Crippen molar-refractivity contribution < 1.29 is 18.5 Å². The molecule has 1 amide bonds. The monoisotopic (exact) mass is 340 g/mol. The van der Waals surface area contributed by atoms with Crippen molar-refractivity contribution in [1.82, 2.24) is 10.5 Å². The van der Waals surface area contributed by atoms with E-state index < -0.39 is 0 Å². The topological polar surface area (TPSA) is 77.5 Å². The van der Waals surface area contributed by atoms with Gasteiger partial charge in [-0.2, -0.15) is 0 Å². The van der Waals surface area contributed by atoms with E-state index in [1.165, 1.54) is 6.26 Å². The Labute approximate surface area is 145 Å². The molecule has 130 valence electrons. The van der Waals surface area contributed by atoms with Crippen LogP contribution >= 0.6 is 0 Å². The summed E-state index contributed by atoms with van der Waals surface area (Å²) in [4.78, 5) is 12.0. The minimum Gasteiger partial charge on any atom is -0.461 e. The summed E-state index contributed by atoms with van der Waals surface area (Å²) in [5, 5.41) is 6.56. The standard InChI is InChI=1S/C19H20N2O4/c1-14(15-7-3-2-4-8-15)23-12-6-10-20-19(22)16-13-18(25-21-16)17-9-5-11-24-17/h2-5,7-9,11,13-14H,6,10,12H2,1H3,(H,20,22). The van der Waals surface area contributed by atoms with Gasteiger partial charge < -0.3 is 19.0 Å². The molecule has 6 heteroatoms. The van der Waals surface area contributed by atoms with Gasteiger partial charge in [0.2, 0.25) is 5.76 Å². The number of hydrogen-bond donors (Lipinski definition) is 1. The van der Waals surface area contributed by atoms with Gasteiger partial charge in [0.1, 0.15) is 0 Å². The zero-order valence-electron chi connectivity index (χ0n) is 14.0. The number of aromatic nitrogens is 1. The fourth-order valence-electron chi connectivity index (χ4n) is 2.36. The molecule has 2 aromatic heterocycles. The number of benzene rings is 1. The average Bonchev–Trinajstić information content (AvgIpc) is 3.33. The smallest absolute Gasteiger partial charge is 0.273 e. The fraction of sp³-hybridized carbons (Fsp3) is 0.263. The number of nitrogens with one attached hydrogen (secondary N) is 1. The molecule has 0 saturated carbocycles. The molecule has 0 aliphatic carbocycles. The van der Waals surface area contributed by atoms with E-state index in [1.54, 1.807) is 18.2 Å². The lowest BCUT2D eigenvalue weighted by Gasteiger charge is -2.13. The van der Waals surface area contributed by atoms with Gasteiger partial charge in [0.25, 0.3) is 5.91 Å². The van der Waals surface area contributed by atoms with Crippen molar-refractivity contribution in [2.45, 2.75) is 19.4 Å². The number of carbonyl (C=O) groups excluding carboxylic acids is 1. The van der Waals surface area contributed by atoms with Crippen molar-refractivity contribution in [2.24, 2.45) is 0 Å². The van der Waals surface area contributed by atoms with Crippen LogP contribution in [0.25, 0.3) is 11.5 Å². The molecule has 0 radical (unpaired) electrons. The first-order valence-electron chi connectivity index (χ1n) is 8.19. The lowest BCUT2D eigenvalue weighted by Crippen LogP contribution is -2.25. The normalized spacial score (nSPS) is 12.0. The molecular formula is C19H20N2O4. The van der Waals surface area contributed by atoms with Crippen LogP contribution in [0.3, 0.4) is 0 Å². The predicted octanol–water partition coefficient (Wildman–Crippen LogP) is 3.83. The quantitative estimate of drug-likeness (QED) is 0.631. The van der Waals surface area contributed by atoms with Gasteiger partial charge in [0.15, 0.2) is 11.5 Å². The maximum absolute atomic E-state index is 12.0. The van der Waals surface area contributed by atoms with Gasteiger partial charge in [0, 0.05) is 19.2 Å². The van der Waals surface area contributed by atoms with Gasteiger partial charge in [0.05, 0.1) is 12.4 Å². The Morgan fingerprint density at radius 3 is 2.80 bits per heavy atom. The van der Waals surface area contributed by atoms with Crippen molar-refractivity contribution in [3.05, 3.63) is 66.1 Å². The van der Waals surface area contributed by atoms with Crippen LogP contribution in [-0.2, 0) is 4.74 Å². The van der Waals surface area contributed by atoms with Crippen LogP contribution in [0.4, 0.5) is 0 Å². The van der Waals surface area contributed by atoms with Crippen molar-refractivity contribution in [2.75, 3.05) is 13.2 Å². The maximum Gasteiger partial charge on any atom is 0.273 e. The number of hydrogen-bond acceptors (Lipinski definition) is 5. The van der Waals surface area contributed by atoms with Crippen molar-refractivity contribution in [3.63, 3.8) is 0 Å². The zero-order valence-corrected chi connectivity index (χ0v) is 14.0. The molecule has 2 heterocycles. The summed E-state index contributed by atoms with van der Waals surface area (Å²) in [6.07, 6.45) is 2.28. The number of ether oxygens (including phenoxy) is 1. The van der Waals surface area contributed by atoms with Crippen molar-refractivity contribution in [3.8, 4) is 11.5 Å². The fourth-order valence-corrected chi connectivity index (χ4v) is 2.36. The van der Waals surface area contributed by atoms with Gasteiger partial charge in [-0.1, -0.05) is 35.5 Å². The molecule has 0 aliphatic heterocycles. The molecule has 0 bridgehead atoms. The van der Waals surface area contributed by atoms with E-state index in [0.717, 1.165) is 5.56 Å². The van der Waals surface area contributed by atoms with Crippen LogP contribution in [0.2, 0.25) is 0 Å². The predicted molar refractivity (Wildman–Crippen MR) is 92.0 cm³/mol. The molecule has 25 heavy (non-hydrogen) atoms. The first kappa shape index (κ1) is 17.0. The molecular weight excluding hydrogens is 320 g/mol. The third kappa shape index (κ3) is 4.58. The highest BCUT2D eigenvalue weighted by Gasteiger charge is 2.14. The van der Waals surface area contributed by atoms with Gasteiger partial charge in [-0.25, -0.2) is 0 Å². The SMILES string of the molecule is CC(OCCCNC(=O)c1cc(-c2ccco2)on1)c1ccccc1. The Balaban J connectivity index is 1.38. The number of furan rings is 1. The second-order valence-corrected chi connectivity index (χ2v) is 5.59. The van der Waals surface area contributed by atoms with E-state index in [1.807, 2.05) is 37.3 Å². The van der Waals surface area contributed by atoms with Gasteiger partial charge in [-0.3, -0.25) is 4.79 Å². The Bertz CT molecular complexity index is 781. The molecule has 6 nitrogen and oxygen atoms in total. The van der Waals surface area contributed by atoms with Crippen LogP contribution in [0.5, 0.6) is 0 Å². The maximum atomic E-state index is 12.0.